The third-order valence-electron chi connectivity index (χ3n) is 7.00. The van der Waals surface area contributed by atoms with Crippen LogP contribution in [0.15, 0.2) is 53.6 Å². The topological polar surface area (TPSA) is 168 Å². The summed E-state index contributed by atoms with van der Waals surface area (Å²) < 4.78 is 12.3. The quantitative estimate of drug-likeness (QED) is 0.268. The van der Waals surface area contributed by atoms with Crippen molar-refractivity contribution < 1.29 is 19.1 Å². The van der Waals surface area contributed by atoms with Gasteiger partial charge in [0.15, 0.2) is 0 Å². The molecule has 5 N–H and O–H groups in total. The molecule has 0 spiro atoms. The number of aromatic amines is 1. The first kappa shape index (κ1) is 28.8. The standard InChI is InChI=1S/C15H18N2O.C14H18N4O4/c1-10(9-11-5-4-6-11)14-12-7-2-3-8-13(12)15(18)17-16-14;1-14(2,22-12(19)5-15)8-21-9-3-4-11-10(13(16)20)6-17-18(11)7-9/h2-3,7-8,10-11H,4-6,9H2,1H3,(H,17,18);3-4,6-7H,5,8,15H2,1-2H3,(H2,16,20)/t10-;/m0./s1. The minimum absolute atomic E-state index is 0.0924. The fourth-order valence-electron chi connectivity index (χ4n) is 4.73. The lowest BCUT2D eigenvalue weighted by Crippen LogP contribution is -2.37. The van der Waals surface area contributed by atoms with Gasteiger partial charge in [0.25, 0.3) is 11.5 Å². The Labute approximate surface area is 231 Å². The molecule has 11 nitrogen and oxygen atoms in total. The maximum absolute atomic E-state index is 11.7. The molecule has 1 amide bonds. The predicted molar refractivity (Wildman–Crippen MR) is 151 cm³/mol. The molecule has 1 saturated carbocycles. The van der Waals surface area contributed by atoms with Crippen LogP contribution in [0, 0.1) is 5.92 Å². The van der Waals surface area contributed by atoms with E-state index < -0.39 is 17.5 Å². The molecule has 0 unspecified atom stereocenters. The molecule has 1 aliphatic carbocycles. The number of esters is 1. The lowest BCUT2D eigenvalue weighted by molar-refractivity contribution is -0.157. The molecular formula is C29H36N6O5. The van der Waals surface area contributed by atoms with E-state index in [0.717, 1.165) is 22.4 Å². The lowest BCUT2D eigenvalue weighted by Gasteiger charge is -2.28. The summed E-state index contributed by atoms with van der Waals surface area (Å²) >= 11 is 0. The number of carbonyl (C=O) groups is 2. The molecule has 0 bridgehead atoms. The second kappa shape index (κ2) is 12.3. The van der Waals surface area contributed by atoms with Crippen molar-refractivity contribution in [2.24, 2.45) is 17.4 Å². The Bertz CT molecular complexity index is 1560. The van der Waals surface area contributed by atoms with Crippen molar-refractivity contribution in [2.75, 3.05) is 13.2 Å². The summed E-state index contributed by atoms with van der Waals surface area (Å²) in [5, 5.41) is 12.7. The third-order valence-corrected chi connectivity index (χ3v) is 7.00. The highest BCUT2D eigenvalue weighted by Crippen LogP contribution is 2.36. The Kier molecular flexibility index (Phi) is 8.83. The molecular weight excluding hydrogens is 512 g/mol. The Hall–Kier alpha value is -4.25. The van der Waals surface area contributed by atoms with Crippen molar-refractivity contribution in [2.45, 2.75) is 58.0 Å². The molecule has 3 heterocycles. The van der Waals surface area contributed by atoms with Gasteiger partial charge >= 0.3 is 5.97 Å². The molecule has 0 saturated heterocycles. The molecule has 212 valence electrons. The Morgan fingerprint density at radius 2 is 1.90 bits per heavy atom. The molecule has 1 aromatic carbocycles. The van der Waals surface area contributed by atoms with Gasteiger partial charge in [-0.1, -0.05) is 44.4 Å². The number of nitrogens with one attached hydrogen (secondary N) is 1. The zero-order valence-corrected chi connectivity index (χ0v) is 23.1. The van der Waals surface area contributed by atoms with Crippen LogP contribution in [0.1, 0.15) is 68.4 Å². The van der Waals surface area contributed by atoms with Crippen LogP contribution in [0.4, 0.5) is 0 Å². The van der Waals surface area contributed by atoms with E-state index in [9.17, 15) is 14.4 Å². The number of primary amides is 1. The first-order valence-corrected chi connectivity index (χ1v) is 13.4. The van der Waals surface area contributed by atoms with E-state index in [1.165, 1.54) is 36.4 Å². The summed E-state index contributed by atoms with van der Waals surface area (Å²) in [7, 11) is 0. The number of ether oxygens (including phenoxy) is 2. The maximum atomic E-state index is 11.7. The number of hydrogen-bond acceptors (Lipinski definition) is 8. The number of benzene rings is 1. The summed E-state index contributed by atoms with van der Waals surface area (Å²) in [6, 6.07) is 11.1. The molecule has 3 aromatic heterocycles. The van der Waals surface area contributed by atoms with Crippen molar-refractivity contribution in [3.05, 3.63) is 70.4 Å². The summed E-state index contributed by atoms with van der Waals surface area (Å²) in [5.74, 6) is 0.744. The van der Waals surface area contributed by atoms with E-state index in [2.05, 4.69) is 22.2 Å². The van der Waals surface area contributed by atoms with Gasteiger partial charge in [0.05, 0.1) is 41.1 Å². The van der Waals surface area contributed by atoms with Gasteiger partial charge < -0.3 is 20.9 Å². The van der Waals surface area contributed by atoms with Crippen LogP contribution in [0.3, 0.4) is 0 Å². The number of aromatic nitrogens is 4. The monoisotopic (exact) mass is 548 g/mol. The van der Waals surface area contributed by atoms with Crippen LogP contribution in [-0.2, 0) is 9.53 Å². The fourth-order valence-corrected chi connectivity index (χ4v) is 4.73. The van der Waals surface area contributed by atoms with Gasteiger partial charge in [-0.2, -0.15) is 10.2 Å². The Morgan fingerprint density at radius 1 is 1.18 bits per heavy atom. The largest absolute Gasteiger partial charge is 0.488 e. The van der Waals surface area contributed by atoms with Crippen LogP contribution in [0.5, 0.6) is 5.75 Å². The molecule has 0 radical (unpaired) electrons. The van der Waals surface area contributed by atoms with Gasteiger partial charge in [-0.15, -0.1) is 0 Å². The molecule has 5 rings (SSSR count). The minimum Gasteiger partial charge on any atom is -0.488 e. The van der Waals surface area contributed by atoms with E-state index >= 15 is 0 Å². The van der Waals surface area contributed by atoms with Crippen LogP contribution in [0.25, 0.3) is 16.3 Å². The van der Waals surface area contributed by atoms with Crippen molar-refractivity contribution in [3.63, 3.8) is 0 Å². The van der Waals surface area contributed by atoms with Crippen molar-refractivity contribution in [3.8, 4) is 5.75 Å². The number of hydrogen-bond donors (Lipinski definition) is 3. The van der Waals surface area contributed by atoms with Crippen LogP contribution in [-0.4, -0.2) is 50.4 Å². The van der Waals surface area contributed by atoms with E-state index in [0.29, 0.717) is 22.7 Å². The van der Waals surface area contributed by atoms with Crippen molar-refractivity contribution in [1.82, 2.24) is 19.8 Å². The van der Waals surface area contributed by atoms with E-state index in [1.54, 1.807) is 32.2 Å². The maximum Gasteiger partial charge on any atom is 0.320 e. The van der Waals surface area contributed by atoms with Gasteiger partial charge in [0, 0.05) is 11.3 Å². The highest BCUT2D eigenvalue weighted by atomic mass is 16.6. The van der Waals surface area contributed by atoms with Crippen molar-refractivity contribution in [1.29, 1.82) is 0 Å². The first-order valence-electron chi connectivity index (χ1n) is 13.4. The van der Waals surface area contributed by atoms with Gasteiger partial charge in [-0.3, -0.25) is 14.4 Å². The number of carbonyl (C=O) groups excluding carboxylic acids is 2. The Balaban J connectivity index is 0.000000188. The number of amides is 1. The van der Waals surface area contributed by atoms with Crippen LogP contribution < -0.4 is 21.8 Å². The SMILES string of the molecule is CC(C)(COc1ccc2c(C(N)=O)cnn2c1)OC(=O)CN.C[C@@H](CC1CCC1)c1n[nH]c(=O)c2ccccc12. The molecule has 1 aliphatic rings. The fraction of sp³-hybridized carbons (Fsp3) is 0.414. The summed E-state index contributed by atoms with van der Waals surface area (Å²) in [6.07, 6.45) is 8.27. The highest BCUT2D eigenvalue weighted by Gasteiger charge is 2.24. The zero-order chi connectivity index (χ0) is 28.9. The van der Waals surface area contributed by atoms with E-state index in [1.807, 2.05) is 24.3 Å². The predicted octanol–water partition coefficient (Wildman–Crippen LogP) is 3.31. The number of H-pyrrole nitrogens is 1. The minimum atomic E-state index is -0.812. The summed E-state index contributed by atoms with van der Waals surface area (Å²) in [5.41, 5.74) is 11.5. The smallest absolute Gasteiger partial charge is 0.320 e. The molecule has 1 atom stereocenters. The molecule has 0 aliphatic heterocycles. The van der Waals surface area contributed by atoms with Gasteiger partial charge in [0.2, 0.25) is 0 Å². The van der Waals surface area contributed by atoms with Gasteiger partial charge in [0.1, 0.15) is 18.0 Å². The average Bonchev–Trinajstić information content (AvgIpc) is 3.34. The highest BCUT2D eigenvalue weighted by molar-refractivity contribution is 5.99. The first-order chi connectivity index (χ1) is 19.1. The number of nitrogens with two attached hydrogens (primary N) is 2. The second-order valence-electron chi connectivity index (χ2n) is 10.8. The van der Waals surface area contributed by atoms with Crippen LogP contribution in [0.2, 0.25) is 0 Å². The Morgan fingerprint density at radius 3 is 2.55 bits per heavy atom. The molecule has 40 heavy (non-hydrogen) atoms. The lowest BCUT2D eigenvalue weighted by atomic mass is 9.78. The van der Waals surface area contributed by atoms with Gasteiger partial charge in [-0.25, -0.2) is 9.61 Å². The third kappa shape index (κ3) is 6.84. The van der Waals surface area contributed by atoms with E-state index in [4.69, 9.17) is 20.9 Å². The zero-order valence-electron chi connectivity index (χ0n) is 23.1. The molecule has 1 fully saturated rings. The second-order valence-corrected chi connectivity index (χ2v) is 10.8. The number of fused-ring (bicyclic) bond motifs is 2. The van der Waals surface area contributed by atoms with Gasteiger partial charge in [-0.05, 0) is 44.4 Å². The van der Waals surface area contributed by atoms with Crippen molar-refractivity contribution >= 4 is 28.2 Å². The summed E-state index contributed by atoms with van der Waals surface area (Å²) in [6.45, 7) is 5.62. The summed E-state index contributed by atoms with van der Waals surface area (Å²) in [4.78, 5) is 34.2. The normalized spacial score (nSPS) is 14.2. The van der Waals surface area contributed by atoms with E-state index in [-0.39, 0.29) is 18.7 Å². The molecule has 4 aromatic rings. The van der Waals surface area contributed by atoms with Crippen LogP contribution >= 0.6 is 0 Å². The number of pyridine rings is 1. The number of rotatable bonds is 9. The molecule has 11 heteroatoms. The number of nitrogens with zero attached hydrogens (tertiary/aromatic N) is 3. The average molecular weight is 549 g/mol.